The van der Waals surface area contributed by atoms with E-state index in [0.29, 0.717) is 6.54 Å². The van der Waals surface area contributed by atoms with Gasteiger partial charge in [-0.3, -0.25) is 10.3 Å². The number of unbranched alkanes of at least 4 members (excludes halogenated alkanes) is 2. The van der Waals surface area contributed by atoms with Crippen LogP contribution in [0.5, 0.6) is 0 Å². The number of nitrogens with zero attached hydrogens (tertiary/aromatic N) is 3. The maximum atomic E-state index is 11.7. The number of piperidine rings is 1. The van der Waals surface area contributed by atoms with Gasteiger partial charge in [0.05, 0.1) is 17.1 Å². The number of aliphatic imine (C=N–C) groups is 1. The molecule has 0 radical (unpaired) electrons. The molecule has 1 aliphatic heterocycles. The molecule has 41 heavy (non-hydrogen) atoms. The molecule has 9 nitrogen and oxygen atoms in total. The molecule has 218 valence electrons. The number of H-pyrrole nitrogens is 1. The number of amides is 1. The van der Waals surface area contributed by atoms with Crippen LogP contribution in [-0.2, 0) is 9.47 Å². The Morgan fingerprint density at radius 3 is 2.73 bits per heavy atom. The lowest BCUT2D eigenvalue weighted by Gasteiger charge is -2.31. The predicted molar refractivity (Wildman–Crippen MR) is 163 cm³/mol. The Morgan fingerprint density at radius 2 is 1.98 bits per heavy atom. The first-order valence-electron chi connectivity index (χ1n) is 14.3. The smallest absolute Gasteiger partial charge is 0.414 e. The zero-order valence-electron chi connectivity index (χ0n) is 24.6. The predicted octanol–water partition coefficient (Wildman–Crippen LogP) is 5.12. The summed E-state index contributed by atoms with van der Waals surface area (Å²) in [5.74, 6) is 7.45. The maximum absolute atomic E-state index is 11.7. The molecule has 0 spiro atoms. The Kier molecular flexibility index (Phi) is 10.4. The van der Waals surface area contributed by atoms with E-state index < -0.39 is 11.7 Å². The summed E-state index contributed by atoms with van der Waals surface area (Å²) in [6, 6.07) is 16.3. The summed E-state index contributed by atoms with van der Waals surface area (Å²) in [7, 11) is 2.15. The van der Waals surface area contributed by atoms with Crippen LogP contribution < -0.4 is 11.1 Å². The fourth-order valence-corrected chi connectivity index (χ4v) is 4.63. The monoisotopic (exact) mass is 558 g/mol. The maximum Gasteiger partial charge on any atom is 0.414 e. The molecule has 1 amide bonds. The third-order valence-electron chi connectivity index (χ3n) is 6.69. The minimum Gasteiger partial charge on any atom is -0.444 e. The highest BCUT2D eigenvalue weighted by Crippen LogP contribution is 2.30. The number of carbonyl (C=O) groups is 1. The van der Waals surface area contributed by atoms with E-state index in [9.17, 15) is 4.79 Å². The summed E-state index contributed by atoms with van der Waals surface area (Å²) in [5.41, 5.74) is 9.10. The van der Waals surface area contributed by atoms with E-state index >= 15 is 0 Å². The average molecular weight is 559 g/mol. The zero-order valence-corrected chi connectivity index (χ0v) is 24.6. The third-order valence-corrected chi connectivity index (χ3v) is 6.69. The fraction of sp³-hybridized carbons (Fsp3) is 0.469. The first-order valence-corrected chi connectivity index (χ1v) is 14.3. The number of aromatic amines is 1. The number of para-hydroxylation sites is 2. The SMILES string of the molecule is CN1CCC(OC(c2cccc(C#CCCCCN=C(N)NC(=O)OC(C)(C)C)c2)c2nc3ccccc3[nH]2)CC1. The highest BCUT2D eigenvalue weighted by atomic mass is 16.6. The van der Waals surface area contributed by atoms with Crippen molar-refractivity contribution in [3.8, 4) is 11.8 Å². The molecule has 9 heteroatoms. The number of aromatic nitrogens is 2. The van der Waals surface area contributed by atoms with Crippen molar-refractivity contribution in [1.29, 1.82) is 0 Å². The second-order valence-electron chi connectivity index (χ2n) is 11.4. The Morgan fingerprint density at radius 1 is 1.20 bits per heavy atom. The standard InChI is InChI=1S/C32H42N6O3/c1-32(2,3)41-31(39)37-30(33)34-19-10-6-5-7-12-23-13-11-14-24(22-23)28(40-25-17-20-38(4)21-18-25)29-35-26-15-8-9-16-27(26)36-29/h8-9,11,13-16,22,25,28H,5-6,10,17-21H2,1-4H3,(H,35,36)(H3,33,34,37,39). The third kappa shape index (κ3) is 9.62. The van der Waals surface area contributed by atoms with Gasteiger partial charge in [-0.2, -0.15) is 0 Å². The van der Waals surface area contributed by atoms with Gasteiger partial charge in [-0.1, -0.05) is 36.1 Å². The van der Waals surface area contributed by atoms with E-state index in [1.807, 2.05) is 36.4 Å². The molecule has 1 aromatic heterocycles. The number of hydrogen-bond acceptors (Lipinski definition) is 6. The van der Waals surface area contributed by atoms with Crippen molar-refractivity contribution >= 4 is 23.1 Å². The van der Waals surface area contributed by atoms with Gasteiger partial charge in [0.25, 0.3) is 0 Å². The molecule has 3 aromatic rings. The number of benzene rings is 2. The highest BCUT2D eigenvalue weighted by Gasteiger charge is 2.26. The van der Waals surface area contributed by atoms with Crippen molar-refractivity contribution in [2.24, 2.45) is 10.7 Å². The number of guanidine groups is 1. The van der Waals surface area contributed by atoms with Gasteiger partial charge in [-0.25, -0.2) is 9.78 Å². The number of nitrogens with one attached hydrogen (secondary N) is 2. The Labute approximate surface area is 242 Å². The van der Waals surface area contributed by atoms with E-state index in [4.69, 9.17) is 20.2 Å². The van der Waals surface area contributed by atoms with E-state index in [2.05, 4.69) is 51.2 Å². The first-order chi connectivity index (χ1) is 19.7. The van der Waals surface area contributed by atoms with Crippen LogP contribution in [0.4, 0.5) is 4.79 Å². The van der Waals surface area contributed by atoms with Gasteiger partial charge >= 0.3 is 6.09 Å². The lowest BCUT2D eigenvalue weighted by Crippen LogP contribution is -2.40. The van der Waals surface area contributed by atoms with Gasteiger partial charge in [-0.15, -0.1) is 0 Å². The number of carbonyl (C=O) groups excluding carboxylic acids is 1. The van der Waals surface area contributed by atoms with Crippen LogP contribution in [0.25, 0.3) is 11.0 Å². The Balaban J connectivity index is 1.35. The molecule has 1 aliphatic rings. The number of rotatable bonds is 8. The minimum absolute atomic E-state index is 0.0589. The lowest BCUT2D eigenvalue weighted by molar-refractivity contribution is -0.0264. The van der Waals surface area contributed by atoms with Gasteiger partial charge in [0, 0.05) is 31.6 Å². The van der Waals surface area contributed by atoms with E-state index in [0.717, 1.165) is 73.2 Å². The minimum atomic E-state index is -0.605. The molecule has 2 heterocycles. The van der Waals surface area contributed by atoms with Crippen molar-refractivity contribution in [1.82, 2.24) is 20.2 Å². The summed E-state index contributed by atoms with van der Waals surface area (Å²) in [4.78, 5) is 26.6. The van der Waals surface area contributed by atoms with Crippen LogP contribution in [0.2, 0.25) is 0 Å². The second kappa shape index (κ2) is 14.2. The van der Waals surface area contributed by atoms with Crippen molar-refractivity contribution in [3.63, 3.8) is 0 Å². The Bertz CT molecular complexity index is 1360. The van der Waals surface area contributed by atoms with Crippen LogP contribution in [0, 0.1) is 11.8 Å². The number of ether oxygens (including phenoxy) is 2. The second-order valence-corrected chi connectivity index (χ2v) is 11.4. The normalized spacial score (nSPS) is 15.8. The van der Waals surface area contributed by atoms with Crippen molar-refractivity contribution in [2.75, 3.05) is 26.7 Å². The largest absolute Gasteiger partial charge is 0.444 e. The summed E-state index contributed by atoms with van der Waals surface area (Å²) in [6.07, 6.45) is 3.69. The van der Waals surface area contributed by atoms with Crippen LogP contribution in [-0.4, -0.2) is 65.3 Å². The molecule has 1 atom stereocenters. The van der Waals surface area contributed by atoms with Gasteiger partial charge < -0.3 is 25.1 Å². The Hall–Kier alpha value is -3.87. The highest BCUT2D eigenvalue weighted by molar-refractivity contribution is 5.92. The van der Waals surface area contributed by atoms with Gasteiger partial charge in [0.1, 0.15) is 17.5 Å². The van der Waals surface area contributed by atoms with Crippen molar-refractivity contribution in [3.05, 3.63) is 65.5 Å². The van der Waals surface area contributed by atoms with Gasteiger partial charge in [-0.05, 0) is 83.3 Å². The van der Waals surface area contributed by atoms with E-state index in [1.165, 1.54) is 0 Å². The van der Waals surface area contributed by atoms with Gasteiger partial charge in [0.2, 0.25) is 0 Å². The number of nitrogens with two attached hydrogens (primary N) is 1. The lowest BCUT2D eigenvalue weighted by atomic mass is 10.0. The summed E-state index contributed by atoms with van der Waals surface area (Å²) >= 11 is 0. The molecular weight excluding hydrogens is 516 g/mol. The van der Waals surface area contributed by atoms with Crippen LogP contribution in [0.3, 0.4) is 0 Å². The molecule has 4 rings (SSSR count). The number of fused-ring (bicyclic) bond motifs is 1. The molecule has 1 saturated heterocycles. The fourth-order valence-electron chi connectivity index (χ4n) is 4.63. The number of alkyl carbamates (subject to hydrolysis) is 1. The van der Waals surface area contributed by atoms with E-state index in [-0.39, 0.29) is 18.2 Å². The molecule has 2 aromatic carbocycles. The topological polar surface area (TPSA) is 118 Å². The van der Waals surface area contributed by atoms with E-state index in [1.54, 1.807) is 20.8 Å². The number of hydrogen-bond donors (Lipinski definition) is 3. The quantitative estimate of drug-likeness (QED) is 0.153. The molecule has 4 N–H and O–H groups in total. The number of likely N-dealkylation sites (tertiary alicyclic amines) is 1. The van der Waals surface area contributed by atoms with Crippen LogP contribution in [0.1, 0.15) is 75.9 Å². The zero-order chi connectivity index (χ0) is 29.2. The average Bonchev–Trinajstić information content (AvgIpc) is 3.35. The summed E-state index contributed by atoms with van der Waals surface area (Å²) in [5, 5.41) is 2.44. The summed E-state index contributed by atoms with van der Waals surface area (Å²) < 4.78 is 11.9. The van der Waals surface area contributed by atoms with Crippen molar-refractivity contribution < 1.29 is 14.3 Å². The van der Waals surface area contributed by atoms with Crippen LogP contribution >= 0.6 is 0 Å². The van der Waals surface area contributed by atoms with Crippen molar-refractivity contribution in [2.45, 2.75) is 70.7 Å². The molecule has 1 fully saturated rings. The van der Waals surface area contributed by atoms with Gasteiger partial charge in [0.15, 0.2) is 5.96 Å². The molecule has 1 unspecified atom stereocenters. The molecular formula is C32H42N6O3. The summed E-state index contributed by atoms with van der Waals surface area (Å²) in [6.45, 7) is 7.94. The van der Waals surface area contributed by atoms with Crippen LogP contribution in [0.15, 0.2) is 53.5 Å². The molecule has 0 aliphatic carbocycles. The number of imidazole rings is 1. The first kappa shape index (κ1) is 30.1. The molecule has 0 bridgehead atoms. The molecule has 0 saturated carbocycles.